The van der Waals surface area contributed by atoms with E-state index in [1.165, 1.54) is 10.9 Å². The highest BCUT2D eigenvalue weighted by Crippen LogP contribution is 2.34. The standard InChI is InChI=1S/C24H29FN/c1-14(2)10-19-8-9-21-20(13-19)12-17(5)26(7)24(21)22-18(6)15(3)11-16(4)23(22)25/h8-9,11-14H,10H2,1-7H3/q+1. The van der Waals surface area contributed by atoms with Gasteiger partial charge in [-0.25, -0.2) is 4.39 Å². The molecule has 2 heteroatoms. The number of hydrogen-bond donors (Lipinski definition) is 0. The lowest BCUT2D eigenvalue weighted by atomic mass is 9.92. The van der Waals surface area contributed by atoms with Gasteiger partial charge in [0.25, 0.3) is 0 Å². The Balaban J connectivity index is 2.38. The van der Waals surface area contributed by atoms with Crippen LogP contribution in [0.15, 0.2) is 30.3 Å². The van der Waals surface area contributed by atoms with Crippen LogP contribution in [0.1, 0.15) is 41.8 Å². The molecule has 3 aromatic rings. The van der Waals surface area contributed by atoms with Crippen LogP contribution in [0.4, 0.5) is 4.39 Å². The van der Waals surface area contributed by atoms with Crippen molar-refractivity contribution < 1.29 is 8.96 Å². The minimum atomic E-state index is -0.109. The van der Waals surface area contributed by atoms with Crippen molar-refractivity contribution >= 4 is 10.8 Å². The monoisotopic (exact) mass is 350 g/mol. The van der Waals surface area contributed by atoms with Crippen LogP contribution in [-0.4, -0.2) is 0 Å². The second-order valence-corrected chi connectivity index (χ2v) is 8.04. The number of halogens is 1. The molecule has 2 aromatic carbocycles. The Bertz CT molecular complexity index is 973. The average Bonchev–Trinajstić information content (AvgIpc) is 2.56. The first-order chi connectivity index (χ1) is 12.2. The molecule has 136 valence electrons. The van der Waals surface area contributed by atoms with Gasteiger partial charge in [0.05, 0.1) is 10.9 Å². The Labute approximate surface area is 156 Å². The zero-order valence-corrected chi connectivity index (χ0v) is 17.0. The van der Waals surface area contributed by atoms with Crippen molar-refractivity contribution in [2.75, 3.05) is 0 Å². The second kappa shape index (κ2) is 6.83. The third kappa shape index (κ3) is 3.13. The van der Waals surface area contributed by atoms with E-state index in [0.29, 0.717) is 11.5 Å². The van der Waals surface area contributed by atoms with Gasteiger partial charge in [-0.05, 0) is 66.8 Å². The first-order valence-corrected chi connectivity index (χ1v) is 9.39. The van der Waals surface area contributed by atoms with Crippen LogP contribution in [-0.2, 0) is 13.5 Å². The van der Waals surface area contributed by atoms with Crippen LogP contribution in [0.5, 0.6) is 0 Å². The van der Waals surface area contributed by atoms with Gasteiger partial charge in [0.15, 0.2) is 5.69 Å². The third-order valence-corrected chi connectivity index (χ3v) is 5.45. The number of fused-ring (bicyclic) bond motifs is 1. The fraction of sp³-hybridized carbons (Fsp3) is 0.375. The van der Waals surface area contributed by atoms with Crippen molar-refractivity contribution in [1.29, 1.82) is 0 Å². The van der Waals surface area contributed by atoms with Crippen LogP contribution in [0.3, 0.4) is 0 Å². The molecule has 0 aliphatic carbocycles. The maximum absolute atomic E-state index is 15.2. The fourth-order valence-corrected chi connectivity index (χ4v) is 3.86. The van der Waals surface area contributed by atoms with Crippen LogP contribution >= 0.6 is 0 Å². The molecule has 0 fully saturated rings. The molecule has 1 heterocycles. The first-order valence-electron chi connectivity index (χ1n) is 9.39. The van der Waals surface area contributed by atoms with Crippen LogP contribution in [0.25, 0.3) is 22.0 Å². The molecule has 0 amide bonds. The number of aryl methyl sites for hydroxylation is 3. The fourth-order valence-electron chi connectivity index (χ4n) is 3.86. The minimum absolute atomic E-state index is 0.109. The molecule has 0 atom stereocenters. The molecule has 0 radical (unpaired) electrons. The molecule has 0 unspecified atom stereocenters. The van der Waals surface area contributed by atoms with Crippen molar-refractivity contribution in [2.45, 2.75) is 48.0 Å². The van der Waals surface area contributed by atoms with Gasteiger partial charge in [0.1, 0.15) is 12.9 Å². The SMILES string of the molecule is Cc1cc(C)c(F)c(-c2c3ccc(CC(C)C)cc3cc(C)[n+]2C)c1C. The van der Waals surface area contributed by atoms with Crippen LogP contribution < -0.4 is 4.57 Å². The third-order valence-electron chi connectivity index (χ3n) is 5.45. The molecule has 3 rings (SSSR count). The summed E-state index contributed by atoms with van der Waals surface area (Å²) in [5.74, 6) is 0.508. The summed E-state index contributed by atoms with van der Waals surface area (Å²) in [6, 6.07) is 10.8. The van der Waals surface area contributed by atoms with Gasteiger partial charge in [0, 0.05) is 13.0 Å². The molecule has 1 nitrogen and oxygen atoms in total. The van der Waals surface area contributed by atoms with E-state index in [-0.39, 0.29) is 5.82 Å². The summed E-state index contributed by atoms with van der Waals surface area (Å²) in [4.78, 5) is 0. The molecule has 1 aromatic heterocycles. The van der Waals surface area contributed by atoms with E-state index >= 15 is 4.39 Å². The number of aromatic nitrogens is 1. The number of nitrogens with zero attached hydrogens (tertiary/aromatic N) is 1. The predicted molar refractivity (Wildman–Crippen MR) is 108 cm³/mol. The molecule has 0 N–H and O–H groups in total. The predicted octanol–water partition coefficient (Wildman–Crippen LogP) is 5.90. The van der Waals surface area contributed by atoms with E-state index in [2.05, 4.69) is 56.5 Å². The molecular formula is C24H29FN+. The second-order valence-electron chi connectivity index (χ2n) is 8.04. The maximum Gasteiger partial charge on any atom is 0.223 e. The number of benzene rings is 2. The van der Waals surface area contributed by atoms with E-state index in [1.807, 2.05) is 27.0 Å². The molecule has 0 saturated carbocycles. The summed E-state index contributed by atoms with van der Waals surface area (Å²) in [5.41, 5.74) is 7.02. The Morgan fingerprint density at radius 1 is 0.962 bits per heavy atom. The lowest BCUT2D eigenvalue weighted by Crippen LogP contribution is -2.35. The van der Waals surface area contributed by atoms with E-state index in [4.69, 9.17) is 0 Å². The van der Waals surface area contributed by atoms with Gasteiger partial charge in [-0.3, -0.25) is 0 Å². The summed E-state index contributed by atoms with van der Waals surface area (Å²) in [5, 5.41) is 2.30. The van der Waals surface area contributed by atoms with Gasteiger partial charge in [-0.1, -0.05) is 32.0 Å². The molecule has 0 aliphatic heterocycles. The van der Waals surface area contributed by atoms with Crippen molar-refractivity contribution in [3.05, 3.63) is 64.1 Å². The molecule has 0 bridgehead atoms. The quantitative estimate of drug-likeness (QED) is 0.518. The van der Waals surface area contributed by atoms with Crippen molar-refractivity contribution in [2.24, 2.45) is 13.0 Å². The number of hydrogen-bond acceptors (Lipinski definition) is 0. The van der Waals surface area contributed by atoms with E-state index in [0.717, 1.165) is 39.9 Å². The Morgan fingerprint density at radius 2 is 1.65 bits per heavy atom. The maximum atomic E-state index is 15.2. The largest absolute Gasteiger partial charge is 0.223 e. The normalized spacial score (nSPS) is 11.6. The van der Waals surface area contributed by atoms with Gasteiger partial charge in [0.2, 0.25) is 5.69 Å². The highest BCUT2D eigenvalue weighted by atomic mass is 19.1. The zero-order valence-electron chi connectivity index (χ0n) is 17.0. The summed E-state index contributed by atoms with van der Waals surface area (Å²) >= 11 is 0. The molecule has 0 aliphatic rings. The average molecular weight is 351 g/mol. The number of pyridine rings is 1. The Kier molecular flexibility index (Phi) is 4.88. The minimum Gasteiger partial charge on any atom is -0.206 e. The summed E-state index contributed by atoms with van der Waals surface area (Å²) in [6.45, 7) is 12.5. The van der Waals surface area contributed by atoms with E-state index in [9.17, 15) is 0 Å². The molecule has 0 saturated heterocycles. The van der Waals surface area contributed by atoms with Crippen molar-refractivity contribution in [1.82, 2.24) is 0 Å². The zero-order chi connectivity index (χ0) is 19.2. The lowest BCUT2D eigenvalue weighted by Gasteiger charge is -2.15. The van der Waals surface area contributed by atoms with Crippen molar-refractivity contribution in [3.63, 3.8) is 0 Å². The smallest absolute Gasteiger partial charge is 0.206 e. The van der Waals surface area contributed by atoms with Crippen LogP contribution in [0, 0.1) is 39.4 Å². The topological polar surface area (TPSA) is 3.88 Å². The highest BCUT2D eigenvalue weighted by molar-refractivity contribution is 5.94. The van der Waals surface area contributed by atoms with E-state index in [1.54, 1.807) is 0 Å². The highest BCUT2D eigenvalue weighted by Gasteiger charge is 2.25. The summed E-state index contributed by atoms with van der Waals surface area (Å²) < 4.78 is 17.3. The molecule has 26 heavy (non-hydrogen) atoms. The number of rotatable bonds is 3. The Morgan fingerprint density at radius 3 is 2.31 bits per heavy atom. The first kappa shape index (κ1) is 18.6. The summed E-state index contributed by atoms with van der Waals surface area (Å²) in [7, 11) is 2.03. The molecule has 0 spiro atoms. The van der Waals surface area contributed by atoms with Crippen molar-refractivity contribution in [3.8, 4) is 11.3 Å². The Hall–Kier alpha value is -2.22. The van der Waals surface area contributed by atoms with Gasteiger partial charge < -0.3 is 0 Å². The van der Waals surface area contributed by atoms with E-state index < -0.39 is 0 Å². The van der Waals surface area contributed by atoms with Gasteiger partial charge in [-0.2, -0.15) is 4.57 Å². The lowest BCUT2D eigenvalue weighted by molar-refractivity contribution is -0.665. The summed E-state index contributed by atoms with van der Waals surface area (Å²) in [6.07, 6.45) is 1.06. The van der Waals surface area contributed by atoms with Crippen LogP contribution in [0.2, 0.25) is 0 Å². The molecular weight excluding hydrogens is 321 g/mol. The van der Waals surface area contributed by atoms with Gasteiger partial charge in [-0.15, -0.1) is 0 Å². The van der Waals surface area contributed by atoms with Gasteiger partial charge >= 0.3 is 0 Å².